The Morgan fingerprint density at radius 3 is 2.43 bits per heavy atom. The maximum atomic E-state index is 12.4. The van der Waals surface area contributed by atoms with Gasteiger partial charge in [0.15, 0.2) is 0 Å². The molecule has 7 heteroatoms. The maximum absolute atomic E-state index is 12.4. The normalized spacial score (nSPS) is 12.6. The molecule has 2 rings (SSSR count). The van der Waals surface area contributed by atoms with E-state index in [-0.39, 0.29) is 11.3 Å². The highest BCUT2D eigenvalue weighted by Gasteiger charge is 2.25. The van der Waals surface area contributed by atoms with Crippen molar-refractivity contribution in [2.24, 2.45) is 0 Å². The van der Waals surface area contributed by atoms with Gasteiger partial charge >= 0.3 is 0 Å². The number of hydroxylamine groups is 1. The molecule has 0 saturated carbocycles. The Hall–Kier alpha value is -2.22. The minimum atomic E-state index is -3.88. The van der Waals surface area contributed by atoms with E-state index in [1.54, 1.807) is 43.3 Å². The molecule has 0 fully saturated rings. The molecule has 1 amide bonds. The van der Waals surface area contributed by atoms with Crippen LogP contribution in [0.2, 0.25) is 0 Å². The van der Waals surface area contributed by atoms with Crippen molar-refractivity contribution in [1.82, 2.24) is 10.2 Å². The van der Waals surface area contributed by atoms with Crippen LogP contribution in [0.15, 0.2) is 59.5 Å². The lowest BCUT2D eigenvalue weighted by Gasteiger charge is -2.17. The summed E-state index contributed by atoms with van der Waals surface area (Å²) in [5.74, 6) is -0.815. The number of hydrogen-bond donors (Lipinski definition) is 3. The summed E-state index contributed by atoms with van der Waals surface area (Å²) in [6.45, 7) is 1.78. The molecule has 0 heterocycles. The van der Waals surface area contributed by atoms with Crippen LogP contribution in [0.3, 0.4) is 0 Å². The molecule has 1 atom stereocenters. The maximum Gasteiger partial charge on any atom is 0.261 e. The second kappa shape index (κ2) is 7.36. The van der Waals surface area contributed by atoms with Crippen LogP contribution in [0, 0.1) is 6.92 Å². The van der Waals surface area contributed by atoms with Crippen molar-refractivity contribution >= 4 is 15.9 Å². The van der Waals surface area contributed by atoms with E-state index in [0.717, 1.165) is 11.1 Å². The van der Waals surface area contributed by atoms with E-state index in [2.05, 4.69) is 4.72 Å². The molecule has 0 aliphatic heterocycles. The van der Waals surface area contributed by atoms with E-state index < -0.39 is 22.0 Å². The Morgan fingerprint density at radius 1 is 1.13 bits per heavy atom. The summed E-state index contributed by atoms with van der Waals surface area (Å²) < 4.78 is 27.2. The molecule has 1 unspecified atom stereocenters. The fourth-order valence-electron chi connectivity index (χ4n) is 2.15. The van der Waals surface area contributed by atoms with Crippen LogP contribution in [0.1, 0.15) is 11.1 Å². The highest BCUT2D eigenvalue weighted by molar-refractivity contribution is 7.89. The van der Waals surface area contributed by atoms with E-state index in [9.17, 15) is 13.2 Å². The SMILES string of the molecule is Cc1cccc(S(=O)(=O)NC(Cc2ccccc2)C(=O)NO)c1. The van der Waals surface area contributed by atoms with Gasteiger partial charge in [0, 0.05) is 0 Å². The van der Waals surface area contributed by atoms with Gasteiger partial charge in [-0.1, -0.05) is 42.5 Å². The number of carbonyl (C=O) groups is 1. The van der Waals surface area contributed by atoms with E-state index >= 15 is 0 Å². The number of amides is 1. The van der Waals surface area contributed by atoms with E-state index in [1.807, 2.05) is 6.07 Å². The van der Waals surface area contributed by atoms with Crippen LogP contribution in [0.25, 0.3) is 0 Å². The monoisotopic (exact) mass is 334 g/mol. The molecular weight excluding hydrogens is 316 g/mol. The van der Waals surface area contributed by atoms with Crippen molar-refractivity contribution in [3.63, 3.8) is 0 Å². The van der Waals surface area contributed by atoms with E-state index in [4.69, 9.17) is 5.21 Å². The van der Waals surface area contributed by atoms with Crippen molar-refractivity contribution < 1.29 is 18.4 Å². The second-order valence-electron chi connectivity index (χ2n) is 5.16. The van der Waals surface area contributed by atoms with Gasteiger partial charge in [-0.25, -0.2) is 13.9 Å². The number of sulfonamides is 1. The van der Waals surface area contributed by atoms with Crippen molar-refractivity contribution in [2.75, 3.05) is 0 Å². The van der Waals surface area contributed by atoms with E-state index in [1.165, 1.54) is 17.6 Å². The molecule has 0 bridgehead atoms. The molecule has 2 aromatic carbocycles. The molecular formula is C16H18N2O4S. The molecule has 0 spiro atoms. The summed E-state index contributed by atoms with van der Waals surface area (Å²) in [6, 6.07) is 14.2. The van der Waals surface area contributed by atoms with Gasteiger partial charge in [0.1, 0.15) is 6.04 Å². The largest absolute Gasteiger partial charge is 0.289 e. The summed E-state index contributed by atoms with van der Waals surface area (Å²) in [5, 5.41) is 8.86. The van der Waals surface area contributed by atoms with Crippen molar-refractivity contribution in [3.05, 3.63) is 65.7 Å². The Balaban J connectivity index is 2.25. The lowest BCUT2D eigenvalue weighted by atomic mass is 10.1. The minimum absolute atomic E-state index is 0.0706. The molecule has 3 N–H and O–H groups in total. The Morgan fingerprint density at radius 2 is 1.83 bits per heavy atom. The van der Waals surface area contributed by atoms with Gasteiger partial charge in [0.25, 0.3) is 5.91 Å². The molecule has 6 nitrogen and oxygen atoms in total. The third-order valence-corrected chi connectivity index (χ3v) is 4.78. The molecule has 2 aromatic rings. The first-order valence-electron chi connectivity index (χ1n) is 6.99. The number of hydrogen-bond acceptors (Lipinski definition) is 4. The number of benzene rings is 2. The number of carbonyl (C=O) groups excluding carboxylic acids is 1. The number of rotatable bonds is 6. The summed E-state index contributed by atoms with van der Waals surface area (Å²) in [6.07, 6.45) is 0.123. The van der Waals surface area contributed by atoms with Gasteiger partial charge in [-0.3, -0.25) is 10.0 Å². The van der Waals surface area contributed by atoms with Crippen LogP contribution < -0.4 is 10.2 Å². The van der Waals surface area contributed by atoms with Gasteiger partial charge < -0.3 is 0 Å². The van der Waals surface area contributed by atoms with Crippen LogP contribution in [0.5, 0.6) is 0 Å². The van der Waals surface area contributed by atoms with Crippen LogP contribution >= 0.6 is 0 Å². The molecule has 0 saturated heterocycles. The highest BCUT2D eigenvalue weighted by Crippen LogP contribution is 2.13. The molecule has 0 aromatic heterocycles. The molecule has 0 radical (unpaired) electrons. The third kappa shape index (κ3) is 4.62. The predicted octanol–water partition coefficient (Wildman–Crippen LogP) is 1.39. The van der Waals surface area contributed by atoms with Gasteiger partial charge in [0.05, 0.1) is 4.90 Å². The predicted molar refractivity (Wildman–Crippen MR) is 85.4 cm³/mol. The molecule has 0 aliphatic carbocycles. The number of nitrogens with one attached hydrogen (secondary N) is 2. The van der Waals surface area contributed by atoms with Crippen molar-refractivity contribution in [1.29, 1.82) is 0 Å². The first-order valence-corrected chi connectivity index (χ1v) is 8.47. The average molecular weight is 334 g/mol. The minimum Gasteiger partial charge on any atom is -0.289 e. The zero-order valence-corrected chi connectivity index (χ0v) is 13.4. The first-order chi connectivity index (χ1) is 10.9. The fraction of sp³-hybridized carbons (Fsp3) is 0.188. The van der Waals surface area contributed by atoms with Gasteiger partial charge in [-0.15, -0.1) is 0 Å². The quantitative estimate of drug-likeness (QED) is 0.549. The van der Waals surface area contributed by atoms with E-state index in [0.29, 0.717) is 0 Å². The van der Waals surface area contributed by atoms with Crippen molar-refractivity contribution in [2.45, 2.75) is 24.3 Å². The van der Waals surface area contributed by atoms with Crippen LogP contribution in [-0.2, 0) is 21.2 Å². The number of aryl methyl sites for hydroxylation is 1. The average Bonchev–Trinajstić information content (AvgIpc) is 2.54. The van der Waals surface area contributed by atoms with Crippen LogP contribution in [-0.4, -0.2) is 25.6 Å². The highest BCUT2D eigenvalue weighted by atomic mass is 32.2. The lowest BCUT2D eigenvalue weighted by Crippen LogP contribution is -2.47. The molecule has 0 aliphatic rings. The molecule has 23 heavy (non-hydrogen) atoms. The Bertz CT molecular complexity index is 776. The smallest absolute Gasteiger partial charge is 0.261 e. The topological polar surface area (TPSA) is 95.5 Å². The first kappa shape index (κ1) is 17.1. The lowest BCUT2D eigenvalue weighted by molar-refractivity contribution is -0.130. The summed E-state index contributed by atoms with van der Waals surface area (Å²) in [7, 11) is -3.88. The van der Waals surface area contributed by atoms with Gasteiger partial charge in [0.2, 0.25) is 10.0 Å². The fourth-order valence-corrected chi connectivity index (χ4v) is 3.45. The summed E-state index contributed by atoms with van der Waals surface area (Å²) in [5.41, 5.74) is 3.07. The summed E-state index contributed by atoms with van der Waals surface area (Å²) in [4.78, 5) is 11.9. The van der Waals surface area contributed by atoms with Gasteiger partial charge in [-0.2, -0.15) is 4.72 Å². The Kier molecular flexibility index (Phi) is 5.49. The standard InChI is InChI=1S/C16H18N2O4S/c1-12-6-5-9-14(10-12)23(21,22)18-15(16(19)17-20)11-13-7-3-2-4-8-13/h2-10,15,18,20H,11H2,1H3,(H,17,19). The van der Waals surface area contributed by atoms with Crippen LogP contribution in [0.4, 0.5) is 0 Å². The molecule has 122 valence electrons. The zero-order valence-electron chi connectivity index (χ0n) is 12.6. The zero-order chi connectivity index (χ0) is 16.9. The third-order valence-electron chi connectivity index (χ3n) is 3.31. The Labute approximate surface area is 135 Å². The second-order valence-corrected chi connectivity index (χ2v) is 6.87. The van der Waals surface area contributed by atoms with Crippen molar-refractivity contribution in [3.8, 4) is 0 Å². The summed E-state index contributed by atoms with van der Waals surface area (Å²) >= 11 is 0. The van der Waals surface area contributed by atoms with Gasteiger partial charge in [-0.05, 0) is 36.6 Å².